The van der Waals surface area contributed by atoms with Crippen molar-refractivity contribution in [3.05, 3.63) is 131 Å². The van der Waals surface area contributed by atoms with Crippen molar-refractivity contribution in [1.82, 2.24) is 0 Å². The molecule has 0 atom stereocenters. The number of thiocarbonyl (C=S) groups is 1. The van der Waals surface area contributed by atoms with Crippen LogP contribution in [0.1, 0.15) is 11.1 Å². The molecule has 0 unspecified atom stereocenters. The van der Waals surface area contributed by atoms with Crippen LogP contribution < -0.4 is 14.5 Å². The minimum atomic E-state index is -0.565. The molecule has 1 saturated heterocycles. The van der Waals surface area contributed by atoms with Gasteiger partial charge in [-0.05, 0) is 60.8 Å². The van der Waals surface area contributed by atoms with Crippen molar-refractivity contribution in [1.29, 1.82) is 0 Å². The lowest BCUT2D eigenvalue weighted by Gasteiger charge is -2.36. The normalized spacial score (nSPS) is 13.6. The molecule has 1 fully saturated rings. The van der Waals surface area contributed by atoms with Gasteiger partial charge in [-0.15, -0.1) is 0 Å². The minimum Gasteiger partial charge on any atom is -0.488 e. The number of hydrogen-bond acceptors (Lipinski definition) is 4. The number of carbonyl (C=O) groups excluding carboxylic acids is 2. The first-order valence-corrected chi connectivity index (χ1v) is 12.4. The highest BCUT2D eigenvalue weighted by atomic mass is 35.5. The average molecular weight is 543 g/mol. The fourth-order valence-corrected chi connectivity index (χ4v) is 4.64. The summed E-state index contributed by atoms with van der Waals surface area (Å²) < 4.78 is 20.2. The second kappa shape index (κ2) is 11.0. The zero-order valence-corrected chi connectivity index (χ0v) is 21.5. The minimum absolute atomic E-state index is 0.0493. The van der Waals surface area contributed by atoms with E-state index in [4.69, 9.17) is 28.6 Å². The number of amides is 2. The number of nitrogens with zero attached hydrogens (tertiary/aromatic N) is 2. The molecule has 38 heavy (non-hydrogen) atoms. The first-order chi connectivity index (χ1) is 18.5. The standard InChI is InChI=1S/C30H20ClFN2O3S/c31-25-15-9-16-26(32)24(25)19-37-27-17-8-7-10-20(27)18-23-28(35)33(21-11-3-1-4-12-21)30(38)34(29(23)36)22-13-5-2-6-14-22/h1-18H,19H2. The average Bonchev–Trinajstić information content (AvgIpc) is 2.93. The van der Waals surface area contributed by atoms with E-state index in [9.17, 15) is 14.0 Å². The third kappa shape index (κ3) is 4.94. The van der Waals surface area contributed by atoms with E-state index >= 15 is 0 Å². The fraction of sp³-hybridized carbons (Fsp3) is 0.0333. The van der Waals surface area contributed by atoms with E-state index in [1.807, 2.05) is 12.1 Å². The van der Waals surface area contributed by atoms with Crippen LogP contribution >= 0.6 is 23.8 Å². The molecule has 0 bridgehead atoms. The first kappa shape index (κ1) is 25.3. The van der Waals surface area contributed by atoms with Gasteiger partial charge in [0.1, 0.15) is 23.7 Å². The van der Waals surface area contributed by atoms with E-state index in [1.165, 1.54) is 28.0 Å². The second-order valence-electron chi connectivity index (χ2n) is 8.32. The number of carbonyl (C=O) groups is 2. The van der Waals surface area contributed by atoms with Crippen LogP contribution in [0, 0.1) is 5.82 Å². The van der Waals surface area contributed by atoms with E-state index in [1.54, 1.807) is 78.9 Å². The molecule has 1 aliphatic heterocycles. The molecule has 8 heteroatoms. The molecule has 0 saturated carbocycles. The van der Waals surface area contributed by atoms with Crippen molar-refractivity contribution in [3.8, 4) is 5.75 Å². The van der Waals surface area contributed by atoms with E-state index in [0.717, 1.165) is 0 Å². The molecule has 5 rings (SSSR count). The lowest BCUT2D eigenvalue weighted by Crippen LogP contribution is -2.56. The van der Waals surface area contributed by atoms with E-state index in [2.05, 4.69) is 0 Å². The van der Waals surface area contributed by atoms with Gasteiger partial charge in [-0.25, -0.2) is 4.39 Å². The Morgan fingerprint density at radius 3 is 1.89 bits per heavy atom. The maximum atomic E-state index is 14.3. The highest BCUT2D eigenvalue weighted by Crippen LogP contribution is 2.31. The molecule has 0 N–H and O–H groups in total. The Morgan fingerprint density at radius 2 is 1.32 bits per heavy atom. The Hall–Kier alpha value is -4.33. The van der Waals surface area contributed by atoms with Crippen LogP contribution in [0.3, 0.4) is 0 Å². The summed E-state index contributed by atoms with van der Waals surface area (Å²) in [5.74, 6) is -1.27. The number of para-hydroxylation sites is 3. The third-order valence-corrected chi connectivity index (χ3v) is 6.65. The summed E-state index contributed by atoms with van der Waals surface area (Å²) in [7, 11) is 0. The lowest BCUT2D eigenvalue weighted by molar-refractivity contribution is -0.120. The number of benzene rings is 4. The smallest absolute Gasteiger partial charge is 0.270 e. The summed E-state index contributed by atoms with van der Waals surface area (Å²) in [5.41, 5.74) is 1.62. The van der Waals surface area contributed by atoms with Gasteiger partial charge in [0, 0.05) is 11.1 Å². The van der Waals surface area contributed by atoms with Crippen LogP contribution in [-0.4, -0.2) is 16.9 Å². The number of anilines is 2. The zero-order valence-electron chi connectivity index (χ0n) is 19.9. The SMILES string of the molecule is O=C1C(=Cc2ccccc2OCc2c(F)cccc2Cl)C(=O)N(c2ccccc2)C(=S)N1c1ccccc1. The monoisotopic (exact) mass is 542 g/mol. The van der Waals surface area contributed by atoms with Crippen molar-refractivity contribution in [2.45, 2.75) is 6.61 Å². The summed E-state index contributed by atoms with van der Waals surface area (Å²) in [6.07, 6.45) is 1.47. The van der Waals surface area contributed by atoms with Crippen molar-refractivity contribution in [2.75, 3.05) is 9.80 Å². The Kier molecular flexibility index (Phi) is 7.31. The van der Waals surface area contributed by atoms with Gasteiger partial charge in [0.2, 0.25) is 0 Å². The molecule has 0 spiro atoms. The van der Waals surface area contributed by atoms with Crippen molar-refractivity contribution >= 4 is 58.2 Å². The van der Waals surface area contributed by atoms with E-state index < -0.39 is 17.6 Å². The highest BCUT2D eigenvalue weighted by Gasteiger charge is 2.41. The summed E-state index contributed by atoms with van der Waals surface area (Å²) in [6, 6.07) is 29.1. The maximum Gasteiger partial charge on any atom is 0.270 e. The number of ether oxygens (including phenoxy) is 1. The molecule has 0 radical (unpaired) electrons. The molecule has 188 valence electrons. The summed E-state index contributed by atoms with van der Waals surface area (Å²) in [6.45, 7) is -0.135. The van der Waals surface area contributed by atoms with Gasteiger partial charge in [-0.3, -0.25) is 19.4 Å². The van der Waals surface area contributed by atoms with Crippen LogP contribution in [0.5, 0.6) is 5.75 Å². The van der Waals surface area contributed by atoms with Crippen LogP contribution in [-0.2, 0) is 16.2 Å². The Labute approximate surface area is 229 Å². The number of rotatable bonds is 6. The highest BCUT2D eigenvalue weighted by molar-refractivity contribution is 7.81. The van der Waals surface area contributed by atoms with Crippen LogP contribution in [0.2, 0.25) is 5.02 Å². The van der Waals surface area contributed by atoms with Crippen LogP contribution in [0.15, 0.2) is 109 Å². The topological polar surface area (TPSA) is 49.9 Å². The lowest BCUT2D eigenvalue weighted by atomic mass is 10.0. The summed E-state index contributed by atoms with van der Waals surface area (Å²) in [5, 5.41) is 0.289. The van der Waals surface area contributed by atoms with Gasteiger partial charge in [0.15, 0.2) is 5.11 Å². The van der Waals surface area contributed by atoms with Crippen molar-refractivity contribution in [2.24, 2.45) is 0 Å². The van der Waals surface area contributed by atoms with Gasteiger partial charge in [0.05, 0.1) is 16.4 Å². The molecule has 5 nitrogen and oxygen atoms in total. The summed E-state index contributed by atoms with van der Waals surface area (Å²) in [4.78, 5) is 30.1. The second-order valence-corrected chi connectivity index (χ2v) is 9.09. The Balaban J connectivity index is 1.56. The molecule has 0 aromatic heterocycles. The molecule has 4 aromatic rings. The van der Waals surface area contributed by atoms with Crippen molar-refractivity contribution in [3.63, 3.8) is 0 Å². The largest absolute Gasteiger partial charge is 0.488 e. The molecule has 2 amide bonds. The first-order valence-electron chi connectivity index (χ1n) is 11.6. The third-order valence-electron chi connectivity index (χ3n) is 5.93. The van der Waals surface area contributed by atoms with Crippen LogP contribution in [0.25, 0.3) is 6.08 Å². The molecule has 4 aromatic carbocycles. The summed E-state index contributed by atoms with van der Waals surface area (Å²) >= 11 is 11.8. The van der Waals surface area contributed by atoms with E-state index in [0.29, 0.717) is 22.7 Å². The van der Waals surface area contributed by atoms with Gasteiger partial charge >= 0.3 is 0 Å². The predicted molar refractivity (Wildman–Crippen MR) is 151 cm³/mol. The van der Waals surface area contributed by atoms with Gasteiger partial charge in [-0.2, -0.15) is 0 Å². The number of hydrogen-bond donors (Lipinski definition) is 0. The molecule has 0 aliphatic carbocycles. The molecular weight excluding hydrogens is 523 g/mol. The fourth-order valence-electron chi connectivity index (χ4n) is 4.05. The van der Waals surface area contributed by atoms with E-state index in [-0.39, 0.29) is 27.9 Å². The molecular formula is C30H20ClFN2O3S. The van der Waals surface area contributed by atoms with Gasteiger partial charge < -0.3 is 4.74 Å². The maximum absolute atomic E-state index is 14.3. The zero-order chi connectivity index (χ0) is 26.6. The predicted octanol–water partition coefficient (Wildman–Crippen LogP) is 6.81. The Morgan fingerprint density at radius 1 is 0.763 bits per heavy atom. The van der Waals surface area contributed by atoms with Crippen molar-refractivity contribution < 1.29 is 18.7 Å². The number of halogens is 2. The Bertz CT molecular complexity index is 1480. The van der Waals surface area contributed by atoms with Crippen LogP contribution in [0.4, 0.5) is 15.8 Å². The quantitative estimate of drug-likeness (QED) is 0.153. The molecule has 1 heterocycles. The van der Waals surface area contributed by atoms with Gasteiger partial charge in [-0.1, -0.05) is 72.3 Å². The molecule has 1 aliphatic rings. The van der Waals surface area contributed by atoms with Gasteiger partial charge in [0.25, 0.3) is 11.8 Å².